The Hall–Kier alpha value is -2.01. The van der Waals surface area contributed by atoms with E-state index >= 15 is 0 Å². The number of aromatic nitrogens is 3. The van der Waals surface area contributed by atoms with Gasteiger partial charge in [-0.3, -0.25) is 9.88 Å². The third-order valence-electron chi connectivity index (χ3n) is 5.54. The van der Waals surface area contributed by atoms with Gasteiger partial charge in [-0.05, 0) is 61.9 Å². The number of likely N-dealkylation sites (tertiary alicyclic amines) is 1. The molecular formula is C19H25N5. The highest BCUT2D eigenvalue weighted by molar-refractivity contribution is 5.30. The van der Waals surface area contributed by atoms with E-state index in [0.717, 1.165) is 25.6 Å². The molecule has 0 radical (unpaired) electrons. The Labute approximate surface area is 143 Å². The van der Waals surface area contributed by atoms with Crippen LogP contribution in [0.5, 0.6) is 0 Å². The quantitative estimate of drug-likeness (QED) is 0.869. The van der Waals surface area contributed by atoms with Gasteiger partial charge < -0.3 is 4.90 Å². The summed E-state index contributed by atoms with van der Waals surface area (Å²) >= 11 is 0. The van der Waals surface area contributed by atoms with Crippen LogP contribution in [0, 0.1) is 5.41 Å². The summed E-state index contributed by atoms with van der Waals surface area (Å²) in [7, 11) is 0. The van der Waals surface area contributed by atoms with Crippen molar-refractivity contribution in [2.45, 2.75) is 32.2 Å². The molecule has 2 aromatic heterocycles. The van der Waals surface area contributed by atoms with Crippen molar-refractivity contribution in [1.82, 2.24) is 19.9 Å². The summed E-state index contributed by atoms with van der Waals surface area (Å²) in [5.41, 5.74) is 1.76. The third-order valence-corrected chi connectivity index (χ3v) is 5.54. The molecule has 0 amide bonds. The van der Waals surface area contributed by atoms with Crippen molar-refractivity contribution in [1.29, 1.82) is 0 Å². The van der Waals surface area contributed by atoms with Crippen LogP contribution in [-0.2, 0) is 6.54 Å². The van der Waals surface area contributed by atoms with Gasteiger partial charge in [0, 0.05) is 44.4 Å². The molecule has 2 aliphatic heterocycles. The lowest BCUT2D eigenvalue weighted by Gasteiger charge is -2.47. The molecule has 0 bridgehead atoms. The van der Waals surface area contributed by atoms with Gasteiger partial charge in [0.05, 0.1) is 0 Å². The van der Waals surface area contributed by atoms with Crippen LogP contribution in [0.2, 0.25) is 0 Å². The zero-order valence-electron chi connectivity index (χ0n) is 14.1. The maximum absolute atomic E-state index is 4.45. The Bertz CT molecular complexity index is 637. The van der Waals surface area contributed by atoms with Gasteiger partial charge in [0.1, 0.15) is 0 Å². The Kier molecular flexibility index (Phi) is 4.43. The number of hydrogen-bond acceptors (Lipinski definition) is 5. The number of piperidine rings is 2. The van der Waals surface area contributed by atoms with Gasteiger partial charge in [-0.1, -0.05) is 6.07 Å². The predicted octanol–water partition coefficient (Wildman–Crippen LogP) is 2.75. The van der Waals surface area contributed by atoms with Crippen LogP contribution in [0.3, 0.4) is 0 Å². The van der Waals surface area contributed by atoms with Crippen molar-refractivity contribution >= 4 is 5.95 Å². The summed E-state index contributed by atoms with van der Waals surface area (Å²) in [6, 6.07) is 6.09. The number of nitrogens with zero attached hydrogens (tertiary/aromatic N) is 5. The summed E-state index contributed by atoms with van der Waals surface area (Å²) in [4.78, 5) is 18.1. The molecular weight excluding hydrogens is 298 g/mol. The highest BCUT2D eigenvalue weighted by Gasteiger charge is 2.38. The molecule has 4 rings (SSSR count). The van der Waals surface area contributed by atoms with Crippen LogP contribution in [0.1, 0.15) is 31.2 Å². The van der Waals surface area contributed by atoms with Gasteiger partial charge in [-0.15, -0.1) is 0 Å². The van der Waals surface area contributed by atoms with Gasteiger partial charge in [-0.25, -0.2) is 9.97 Å². The van der Waals surface area contributed by atoms with Crippen molar-refractivity contribution in [2.24, 2.45) is 5.41 Å². The summed E-state index contributed by atoms with van der Waals surface area (Å²) in [6.45, 7) is 5.58. The van der Waals surface area contributed by atoms with E-state index in [9.17, 15) is 0 Å². The number of rotatable bonds is 3. The molecule has 0 atom stereocenters. The smallest absolute Gasteiger partial charge is 0.225 e. The Morgan fingerprint density at radius 1 is 0.958 bits per heavy atom. The monoisotopic (exact) mass is 323 g/mol. The van der Waals surface area contributed by atoms with E-state index in [0.29, 0.717) is 5.41 Å². The third kappa shape index (κ3) is 3.41. The fourth-order valence-electron chi connectivity index (χ4n) is 4.18. The molecule has 1 spiro atoms. The number of pyridine rings is 1. The van der Waals surface area contributed by atoms with E-state index in [2.05, 4.69) is 30.8 Å². The highest BCUT2D eigenvalue weighted by Crippen LogP contribution is 2.40. The largest absolute Gasteiger partial charge is 0.340 e. The average Bonchev–Trinajstić information content (AvgIpc) is 2.66. The van der Waals surface area contributed by atoms with Crippen LogP contribution in [0.4, 0.5) is 5.95 Å². The second-order valence-electron chi connectivity index (χ2n) is 7.21. The summed E-state index contributed by atoms with van der Waals surface area (Å²) in [5.74, 6) is 0.898. The molecule has 2 fully saturated rings. The summed E-state index contributed by atoms with van der Waals surface area (Å²) in [5, 5.41) is 0. The molecule has 4 heterocycles. The standard InChI is InChI=1S/C19H25N5/c1-4-17(14-20-8-1)15-23-12-6-19(7-13-23)5-2-11-24(16-19)18-21-9-3-10-22-18/h1,3-4,8-10,14H,2,5-7,11-13,15-16H2. The average molecular weight is 323 g/mol. The Morgan fingerprint density at radius 2 is 1.79 bits per heavy atom. The van der Waals surface area contributed by atoms with E-state index in [1.165, 1.54) is 44.3 Å². The van der Waals surface area contributed by atoms with Crippen molar-refractivity contribution < 1.29 is 0 Å². The predicted molar refractivity (Wildman–Crippen MR) is 94.7 cm³/mol. The first-order valence-electron chi connectivity index (χ1n) is 8.96. The molecule has 5 nitrogen and oxygen atoms in total. The second kappa shape index (κ2) is 6.85. The Balaban J connectivity index is 1.37. The lowest BCUT2D eigenvalue weighted by molar-refractivity contribution is 0.0832. The first-order chi connectivity index (χ1) is 11.8. The van der Waals surface area contributed by atoms with Crippen molar-refractivity contribution in [3.8, 4) is 0 Å². The molecule has 0 saturated carbocycles. The van der Waals surface area contributed by atoms with Crippen LogP contribution in [0.15, 0.2) is 43.0 Å². The maximum Gasteiger partial charge on any atom is 0.225 e. The topological polar surface area (TPSA) is 45.2 Å². The van der Waals surface area contributed by atoms with Crippen molar-refractivity contribution in [3.05, 3.63) is 48.5 Å². The fraction of sp³-hybridized carbons (Fsp3) is 0.526. The van der Waals surface area contributed by atoms with Crippen molar-refractivity contribution in [2.75, 3.05) is 31.1 Å². The molecule has 2 aromatic rings. The van der Waals surface area contributed by atoms with Crippen LogP contribution in [-0.4, -0.2) is 46.0 Å². The van der Waals surface area contributed by atoms with Gasteiger partial charge >= 0.3 is 0 Å². The number of anilines is 1. The van der Waals surface area contributed by atoms with E-state index < -0.39 is 0 Å². The van der Waals surface area contributed by atoms with E-state index in [1.54, 1.807) is 0 Å². The minimum absolute atomic E-state index is 0.447. The Morgan fingerprint density at radius 3 is 2.54 bits per heavy atom. The molecule has 0 aromatic carbocycles. The fourth-order valence-corrected chi connectivity index (χ4v) is 4.18. The van der Waals surface area contributed by atoms with Crippen LogP contribution < -0.4 is 4.90 Å². The van der Waals surface area contributed by atoms with Gasteiger partial charge in [0.25, 0.3) is 0 Å². The highest BCUT2D eigenvalue weighted by atomic mass is 15.3. The molecule has 0 aliphatic carbocycles. The molecule has 24 heavy (non-hydrogen) atoms. The number of hydrogen-bond donors (Lipinski definition) is 0. The molecule has 2 saturated heterocycles. The van der Waals surface area contributed by atoms with Gasteiger partial charge in [0.15, 0.2) is 0 Å². The first-order valence-corrected chi connectivity index (χ1v) is 8.96. The van der Waals surface area contributed by atoms with E-state index in [-0.39, 0.29) is 0 Å². The first kappa shape index (κ1) is 15.5. The maximum atomic E-state index is 4.45. The molecule has 2 aliphatic rings. The van der Waals surface area contributed by atoms with Gasteiger partial charge in [-0.2, -0.15) is 0 Å². The minimum atomic E-state index is 0.447. The molecule has 5 heteroatoms. The molecule has 0 unspecified atom stereocenters. The summed E-state index contributed by atoms with van der Waals surface area (Å²) in [6.07, 6.45) is 12.7. The zero-order valence-corrected chi connectivity index (χ0v) is 14.1. The van der Waals surface area contributed by atoms with Gasteiger partial charge in [0.2, 0.25) is 5.95 Å². The zero-order chi connectivity index (χ0) is 16.2. The van der Waals surface area contributed by atoms with Crippen LogP contribution >= 0.6 is 0 Å². The lowest BCUT2D eigenvalue weighted by atomic mass is 9.72. The summed E-state index contributed by atoms with van der Waals surface area (Å²) < 4.78 is 0. The van der Waals surface area contributed by atoms with Crippen molar-refractivity contribution in [3.63, 3.8) is 0 Å². The van der Waals surface area contributed by atoms with E-state index in [1.807, 2.05) is 36.9 Å². The normalized spacial score (nSPS) is 21.1. The van der Waals surface area contributed by atoms with Crippen LogP contribution in [0.25, 0.3) is 0 Å². The molecule has 126 valence electrons. The lowest BCUT2D eigenvalue weighted by Crippen LogP contribution is -2.49. The second-order valence-corrected chi connectivity index (χ2v) is 7.21. The molecule has 0 N–H and O–H groups in total. The minimum Gasteiger partial charge on any atom is -0.340 e. The van der Waals surface area contributed by atoms with E-state index in [4.69, 9.17) is 0 Å². The SMILES string of the molecule is c1cnc(N2CCCC3(CCN(Cc4cccnc4)CC3)C2)nc1.